The van der Waals surface area contributed by atoms with Gasteiger partial charge in [0.05, 0.1) is 23.4 Å². The summed E-state index contributed by atoms with van der Waals surface area (Å²) in [4.78, 5) is 21.1. The highest BCUT2D eigenvalue weighted by molar-refractivity contribution is 5.81. The number of rotatable bonds is 3. The normalized spacial score (nSPS) is 10.8. The van der Waals surface area contributed by atoms with E-state index >= 15 is 0 Å². The number of nitrogens with zero attached hydrogens (tertiary/aromatic N) is 2. The van der Waals surface area contributed by atoms with Crippen molar-refractivity contribution in [2.45, 2.75) is 6.54 Å². The summed E-state index contributed by atoms with van der Waals surface area (Å²) in [7, 11) is 1.86. The van der Waals surface area contributed by atoms with Crippen molar-refractivity contribution in [1.29, 1.82) is 0 Å². The molecule has 1 aromatic carbocycles. The smallest absolute Gasteiger partial charge is 0.260 e. The number of fused-ring (bicyclic) bond motifs is 1. The van der Waals surface area contributed by atoms with Gasteiger partial charge in [-0.1, -0.05) is 0 Å². The van der Waals surface area contributed by atoms with Crippen molar-refractivity contribution in [2.75, 3.05) is 17.7 Å². The van der Waals surface area contributed by atoms with Gasteiger partial charge in [0.1, 0.15) is 0 Å². The van der Waals surface area contributed by atoms with Crippen molar-refractivity contribution in [2.24, 2.45) is 0 Å². The molecular weight excluding hydrogens is 256 g/mol. The van der Waals surface area contributed by atoms with Gasteiger partial charge in [0.2, 0.25) is 5.95 Å². The van der Waals surface area contributed by atoms with Gasteiger partial charge in [0.25, 0.3) is 5.56 Å². The zero-order chi connectivity index (χ0) is 14.1. The van der Waals surface area contributed by atoms with Crippen molar-refractivity contribution in [3.63, 3.8) is 0 Å². The maximum atomic E-state index is 12.1. The largest absolute Gasteiger partial charge is 0.472 e. The third kappa shape index (κ3) is 2.23. The molecule has 0 atom stereocenters. The van der Waals surface area contributed by atoms with Gasteiger partial charge in [-0.3, -0.25) is 9.78 Å². The molecule has 0 aliphatic heterocycles. The summed E-state index contributed by atoms with van der Waals surface area (Å²) in [6, 6.07) is 6.97. The van der Waals surface area contributed by atoms with Crippen LogP contribution in [0.2, 0.25) is 0 Å². The van der Waals surface area contributed by atoms with Gasteiger partial charge in [0, 0.05) is 24.8 Å². The lowest BCUT2D eigenvalue weighted by Crippen LogP contribution is -2.22. The maximum absolute atomic E-state index is 12.1. The van der Waals surface area contributed by atoms with Crippen LogP contribution in [-0.4, -0.2) is 17.0 Å². The molecule has 0 unspecified atom stereocenters. The van der Waals surface area contributed by atoms with Crippen LogP contribution in [0.25, 0.3) is 10.9 Å². The first-order valence-electron chi connectivity index (χ1n) is 6.15. The van der Waals surface area contributed by atoms with E-state index in [1.54, 1.807) is 30.7 Å². The standard InChI is InChI=1S/C14H14N4O2/c1-18(7-9-4-5-20-8-9)14-16-12-3-2-10(15)6-11(12)13(19)17-14/h2-6,8H,7,15H2,1H3,(H,16,17,19). The Morgan fingerprint density at radius 2 is 2.25 bits per heavy atom. The Balaban J connectivity index is 2.00. The monoisotopic (exact) mass is 270 g/mol. The van der Waals surface area contributed by atoms with Gasteiger partial charge >= 0.3 is 0 Å². The lowest BCUT2D eigenvalue weighted by Gasteiger charge is -2.16. The van der Waals surface area contributed by atoms with Crippen LogP contribution in [0.15, 0.2) is 46.0 Å². The van der Waals surface area contributed by atoms with Crippen LogP contribution in [0, 0.1) is 0 Å². The molecule has 0 bridgehead atoms. The number of anilines is 2. The third-order valence-electron chi connectivity index (χ3n) is 3.08. The Bertz CT molecular complexity index is 793. The molecule has 3 N–H and O–H groups in total. The summed E-state index contributed by atoms with van der Waals surface area (Å²) < 4.78 is 5.03. The fourth-order valence-corrected chi connectivity index (χ4v) is 2.06. The van der Waals surface area contributed by atoms with Gasteiger partial charge in [-0.2, -0.15) is 0 Å². The Kier molecular flexibility index (Phi) is 2.90. The van der Waals surface area contributed by atoms with Crippen LogP contribution < -0.4 is 16.2 Å². The SMILES string of the molecule is CN(Cc1ccoc1)c1nc2ccc(N)cc2c(=O)[nH]1. The molecule has 0 saturated carbocycles. The number of nitrogens with one attached hydrogen (secondary N) is 1. The van der Waals surface area contributed by atoms with E-state index in [1.807, 2.05) is 18.0 Å². The van der Waals surface area contributed by atoms with Gasteiger partial charge in [-0.15, -0.1) is 0 Å². The molecule has 0 amide bonds. The molecule has 6 heteroatoms. The van der Waals surface area contributed by atoms with Gasteiger partial charge in [-0.25, -0.2) is 4.98 Å². The highest BCUT2D eigenvalue weighted by Gasteiger charge is 2.09. The van der Waals surface area contributed by atoms with Crippen molar-refractivity contribution in [3.05, 3.63) is 52.7 Å². The average molecular weight is 270 g/mol. The van der Waals surface area contributed by atoms with Crippen molar-refractivity contribution in [3.8, 4) is 0 Å². The van der Waals surface area contributed by atoms with Crippen LogP contribution in [-0.2, 0) is 6.54 Å². The number of nitrogens with two attached hydrogens (primary N) is 1. The summed E-state index contributed by atoms with van der Waals surface area (Å²) in [6.45, 7) is 0.597. The van der Waals surface area contributed by atoms with Gasteiger partial charge in [-0.05, 0) is 24.3 Å². The van der Waals surface area contributed by atoms with E-state index in [2.05, 4.69) is 9.97 Å². The lowest BCUT2D eigenvalue weighted by atomic mass is 10.2. The average Bonchev–Trinajstić information content (AvgIpc) is 2.92. The van der Waals surface area contributed by atoms with Crippen LogP contribution in [0.5, 0.6) is 0 Å². The number of H-pyrrole nitrogens is 1. The van der Waals surface area contributed by atoms with E-state index in [9.17, 15) is 4.79 Å². The van der Waals surface area contributed by atoms with Crippen molar-refractivity contribution < 1.29 is 4.42 Å². The fourth-order valence-electron chi connectivity index (χ4n) is 2.06. The minimum atomic E-state index is -0.198. The number of furan rings is 1. The Morgan fingerprint density at radius 1 is 1.40 bits per heavy atom. The molecule has 3 aromatic rings. The number of hydrogen-bond acceptors (Lipinski definition) is 5. The van der Waals surface area contributed by atoms with Crippen LogP contribution in [0.4, 0.5) is 11.6 Å². The highest BCUT2D eigenvalue weighted by atomic mass is 16.3. The van der Waals surface area contributed by atoms with Crippen LogP contribution in [0.3, 0.4) is 0 Å². The molecule has 0 saturated heterocycles. The van der Waals surface area contributed by atoms with Crippen molar-refractivity contribution in [1.82, 2.24) is 9.97 Å². The molecule has 0 fully saturated rings. The van der Waals surface area contributed by atoms with Crippen LogP contribution in [0.1, 0.15) is 5.56 Å². The predicted octanol–water partition coefficient (Wildman–Crippen LogP) is 1.73. The molecule has 20 heavy (non-hydrogen) atoms. The zero-order valence-electron chi connectivity index (χ0n) is 11.0. The van der Waals surface area contributed by atoms with E-state index in [-0.39, 0.29) is 5.56 Å². The predicted molar refractivity (Wildman–Crippen MR) is 77.6 cm³/mol. The number of nitrogen functional groups attached to an aromatic ring is 1. The number of benzene rings is 1. The van der Waals surface area contributed by atoms with E-state index in [0.29, 0.717) is 29.1 Å². The molecular formula is C14H14N4O2. The summed E-state index contributed by atoms with van der Waals surface area (Å²) in [6.07, 6.45) is 3.28. The fraction of sp³-hybridized carbons (Fsp3) is 0.143. The summed E-state index contributed by atoms with van der Waals surface area (Å²) in [5.41, 5.74) is 7.66. The van der Waals surface area contributed by atoms with Crippen molar-refractivity contribution >= 4 is 22.5 Å². The molecule has 3 rings (SSSR count). The molecule has 6 nitrogen and oxygen atoms in total. The molecule has 0 radical (unpaired) electrons. The number of aromatic nitrogens is 2. The summed E-state index contributed by atoms with van der Waals surface area (Å²) in [5, 5.41) is 0.491. The first-order chi connectivity index (χ1) is 9.63. The second-order valence-electron chi connectivity index (χ2n) is 4.65. The minimum Gasteiger partial charge on any atom is -0.472 e. The molecule has 2 heterocycles. The first-order valence-corrected chi connectivity index (χ1v) is 6.15. The third-order valence-corrected chi connectivity index (χ3v) is 3.08. The van der Waals surface area contributed by atoms with Crippen LogP contribution >= 0.6 is 0 Å². The van der Waals surface area contributed by atoms with Gasteiger partial charge in [0.15, 0.2) is 0 Å². The minimum absolute atomic E-state index is 0.198. The number of hydrogen-bond donors (Lipinski definition) is 2. The Labute approximate surface area is 114 Å². The van der Waals surface area contributed by atoms with E-state index < -0.39 is 0 Å². The van der Waals surface area contributed by atoms with E-state index in [0.717, 1.165) is 5.56 Å². The van der Waals surface area contributed by atoms with Gasteiger partial charge < -0.3 is 15.1 Å². The zero-order valence-corrected chi connectivity index (χ0v) is 11.0. The maximum Gasteiger partial charge on any atom is 0.260 e. The molecule has 0 aliphatic carbocycles. The summed E-state index contributed by atoms with van der Waals surface area (Å²) >= 11 is 0. The molecule has 0 spiro atoms. The molecule has 0 aliphatic rings. The molecule has 2 aromatic heterocycles. The topological polar surface area (TPSA) is 88.2 Å². The second kappa shape index (κ2) is 4.73. The highest BCUT2D eigenvalue weighted by Crippen LogP contribution is 2.15. The summed E-state index contributed by atoms with van der Waals surface area (Å²) in [5.74, 6) is 0.508. The Morgan fingerprint density at radius 3 is 3.00 bits per heavy atom. The second-order valence-corrected chi connectivity index (χ2v) is 4.65. The lowest BCUT2D eigenvalue weighted by molar-refractivity contribution is 0.563. The molecule has 102 valence electrons. The first kappa shape index (κ1) is 12.3. The Hall–Kier alpha value is -2.76. The van der Waals surface area contributed by atoms with E-state index in [1.165, 1.54) is 0 Å². The number of aromatic amines is 1. The quantitative estimate of drug-likeness (QED) is 0.708. The van der Waals surface area contributed by atoms with E-state index in [4.69, 9.17) is 10.2 Å².